The number of aliphatic hydroxyl groups is 2. The van der Waals surface area contributed by atoms with E-state index in [4.69, 9.17) is 14.2 Å². The Hall–Kier alpha value is -3.33. The highest BCUT2D eigenvalue weighted by atomic mass is 16.6. The van der Waals surface area contributed by atoms with Crippen LogP contribution < -0.4 is 0 Å². The molecule has 0 aromatic heterocycles. The smallest absolute Gasteiger partial charge is 0.338 e. The Morgan fingerprint density at radius 2 is 1.64 bits per heavy atom. The molecule has 0 radical (unpaired) electrons. The Kier molecular flexibility index (Phi) is 7.83. The molecule has 1 saturated heterocycles. The molecule has 2 bridgehead atoms. The topological polar surface area (TPSA) is 119 Å². The van der Waals surface area contributed by atoms with Crippen LogP contribution in [0.2, 0.25) is 0 Å². The maximum absolute atomic E-state index is 14.6. The quantitative estimate of drug-likeness (QED) is 0.364. The van der Waals surface area contributed by atoms with Crippen molar-refractivity contribution >= 4 is 17.7 Å². The van der Waals surface area contributed by atoms with Crippen molar-refractivity contribution in [2.24, 2.45) is 22.7 Å². The summed E-state index contributed by atoms with van der Waals surface area (Å²) in [6.45, 7) is 7.66. The van der Waals surface area contributed by atoms with Crippen LogP contribution in [0, 0.1) is 22.7 Å². The minimum absolute atomic E-state index is 0.0527. The zero-order valence-corrected chi connectivity index (χ0v) is 25.8. The van der Waals surface area contributed by atoms with E-state index in [1.54, 1.807) is 44.2 Å². The summed E-state index contributed by atoms with van der Waals surface area (Å²) < 4.78 is 17.9. The summed E-state index contributed by atoms with van der Waals surface area (Å²) in [6, 6.07) is 18.3. The lowest BCUT2D eigenvalue weighted by Crippen LogP contribution is -2.69. The predicted molar refractivity (Wildman–Crippen MR) is 161 cm³/mol. The Bertz CT molecular complexity index is 1470. The molecule has 3 aliphatic carbocycles. The molecule has 1 aliphatic heterocycles. The SMILES string of the molecule is CC1=C2C(O)C(=O)C3(C)C(OC(=O)c4ccccc4)CC4OC[C@H]4C3CC(O)(C[C@@H]1OC(=O)CCc1ccccc1)C2(C)C. The van der Waals surface area contributed by atoms with Gasteiger partial charge in [-0.25, -0.2) is 4.79 Å². The minimum Gasteiger partial charge on any atom is -0.458 e. The number of aliphatic hydroxyl groups excluding tert-OH is 1. The van der Waals surface area contributed by atoms with Crippen LogP contribution in [0.3, 0.4) is 0 Å². The first-order valence-electron chi connectivity index (χ1n) is 15.6. The second-order valence-corrected chi connectivity index (χ2v) is 13.8. The van der Waals surface area contributed by atoms with Crippen molar-refractivity contribution in [1.29, 1.82) is 0 Å². The Morgan fingerprint density at radius 1 is 0.977 bits per heavy atom. The van der Waals surface area contributed by atoms with Crippen LogP contribution in [0.1, 0.15) is 69.3 Å². The molecule has 0 amide bonds. The summed E-state index contributed by atoms with van der Waals surface area (Å²) in [5.74, 6) is -1.89. The van der Waals surface area contributed by atoms with Gasteiger partial charge in [-0.05, 0) is 61.4 Å². The molecule has 44 heavy (non-hydrogen) atoms. The number of esters is 2. The van der Waals surface area contributed by atoms with Gasteiger partial charge in [-0.2, -0.15) is 0 Å². The van der Waals surface area contributed by atoms with Gasteiger partial charge in [0.15, 0.2) is 5.78 Å². The number of hydrogen-bond acceptors (Lipinski definition) is 8. The number of ether oxygens (including phenoxy) is 3. The highest BCUT2D eigenvalue weighted by Gasteiger charge is 2.68. The molecule has 8 nitrogen and oxygen atoms in total. The number of hydrogen-bond donors (Lipinski definition) is 2. The average molecular weight is 603 g/mol. The van der Waals surface area contributed by atoms with Crippen LogP contribution in [0.5, 0.6) is 0 Å². The van der Waals surface area contributed by atoms with E-state index in [1.165, 1.54) is 0 Å². The molecular weight excluding hydrogens is 560 g/mol. The number of fused-ring (bicyclic) bond motifs is 5. The van der Waals surface area contributed by atoms with Gasteiger partial charge in [-0.3, -0.25) is 9.59 Å². The van der Waals surface area contributed by atoms with Gasteiger partial charge in [0.25, 0.3) is 0 Å². The van der Waals surface area contributed by atoms with E-state index in [1.807, 2.05) is 44.2 Å². The van der Waals surface area contributed by atoms with Crippen molar-refractivity contribution < 1.29 is 38.8 Å². The second kappa shape index (κ2) is 11.2. The van der Waals surface area contributed by atoms with Crippen molar-refractivity contribution in [3.8, 4) is 0 Å². The Morgan fingerprint density at radius 3 is 2.27 bits per heavy atom. The number of ketones is 1. The van der Waals surface area contributed by atoms with Gasteiger partial charge in [0.05, 0.1) is 29.3 Å². The molecular formula is C36H42O8. The molecule has 6 rings (SSSR count). The molecule has 2 N–H and O–H groups in total. The molecule has 1 heterocycles. The Labute approximate surface area is 258 Å². The fraction of sp³-hybridized carbons (Fsp3) is 0.528. The number of benzene rings is 2. The maximum Gasteiger partial charge on any atom is 0.338 e. The number of carbonyl (C=O) groups excluding carboxylic acids is 3. The lowest BCUT2D eigenvalue weighted by molar-refractivity contribution is -0.243. The first-order valence-corrected chi connectivity index (χ1v) is 15.6. The van der Waals surface area contributed by atoms with E-state index in [0.717, 1.165) is 5.56 Å². The predicted octanol–water partition coefficient (Wildman–Crippen LogP) is 4.61. The van der Waals surface area contributed by atoms with Gasteiger partial charge in [0.2, 0.25) is 0 Å². The third-order valence-electron chi connectivity index (χ3n) is 11.3. The van der Waals surface area contributed by atoms with Gasteiger partial charge in [0, 0.05) is 30.6 Å². The molecule has 4 aliphatic rings. The fourth-order valence-corrected chi connectivity index (χ4v) is 8.30. The molecule has 2 saturated carbocycles. The summed E-state index contributed by atoms with van der Waals surface area (Å²) in [6.07, 6.45) is -2.11. The van der Waals surface area contributed by atoms with E-state index in [9.17, 15) is 24.6 Å². The highest BCUT2D eigenvalue weighted by molar-refractivity contribution is 5.94. The van der Waals surface area contributed by atoms with E-state index < -0.39 is 58.4 Å². The largest absolute Gasteiger partial charge is 0.458 e. The summed E-state index contributed by atoms with van der Waals surface area (Å²) in [7, 11) is 0. The maximum atomic E-state index is 14.6. The second-order valence-electron chi connectivity index (χ2n) is 13.8. The number of carbonyl (C=O) groups is 3. The van der Waals surface area contributed by atoms with Gasteiger partial charge in [-0.15, -0.1) is 0 Å². The number of aryl methyl sites for hydroxylation is 1. The van der Waals surface area contributed by atoms with Gasteiger partial charge in [-0.1, -0.05) is 62.4 Å². The molecule has 3 fully saturated rings. The van der Waals surface area contributed by atoms with Gasteiger partial charge < -0.3 is 24.4 Å². The zero-order valence-electron chi connectivity index (χ0n) is 25.8. The third-order valence-corrected chi connectivity index (χ3v) is 11.3. The summed E-state index contributed by atoms with van der Waals surface area (Å²) in [4.78, 5) is 40.9. The monoisotopic (exact) mass is 602 g/mol. The van der Waals surface area contributed by atoms with Crippen LogP contribution in [-0.4, -0.2) is 64.6 Å². The highest BCUT2D eigenvalue weighted by Crippen LogP contribution is 2.61. The minimum atomic E-state index is -1.58. The van der Waals surface area contributed by atoms with E-state index in [0.29, 0.717) is 36.2 Å². The lowest BCUT2D eigenvalue weighted by atomic mass is 9.47. The number of rotatable bonds is 6. The number of Topliss-reactive ketones (excluding diaryl/α,β-unsaturated/α-hetero) is 1. The summed E-state index contributed by atoms with van der Waals surface area (Å²) >= 11 is 0. The van der Waals surface area contributed by atoms with Gasteiger partial charge >= 0.3 is 11.9 Å². The summed E-state index contributed by atoms with van der Waals surface area (Å²) in [5.41, 5.74) is -1.35. The fourth-order valence-electron chi connectivity index (χ4n) is 8.30. The molecule has 0 spiro atoms. The standard InChI is InChI=1S/C36H42O8/c1-21-27(43-29(37)16-15-22-11-7-5-8-12-22)19-36(41)18-25-24-20-42-26(24)17-28(44-33(40)23-13-9-6-10-14-23)35(25,4)32(39)31(38)30(21)34(36,2)3/h5-14,24-28,31,38,41H,15-20H2,1-4H3/t24-,25?,26?,27-,28?,31?,35?,36?/m0/s1. The first kappa shape index (κ1) is 30.7. The lowest BCUT2D eigenvalue weighted by Gasteiger charge is -2.62. The first-order chi connectivity index (χ1) is 20.9. The molecule has 8 atom stereocenters. The van der Waals surface area contributed by atoms with Gasteiger partial charge in [0.1, 0.15) is 18.3 Å². The molecule has 234 valence electrons. The third kappa shape index (κ3) is 4.91. The Balaban J connectivity index is 1.34. The normalized spacial score (nSPS) is 35.7. The van der Waals surface area contributed by atoms with E-state index >= 15 is 0 Å². The van der Waals surface area contributed by atoms with E-state index in [-0.39, 0.29) is 31.3 Å². The van der Waals surface area contributed by atoms with Crippen LogP contribution in [0.15, 0.2) is 71.8 Å². The van der Waals surface area contributed by atoms with Crippen molar-refractivity contribution in [2.75, 3.05) is 6.61 Å². The van der Waals surface area contributed by atoms with Crippen molar-refractivity contribution in [3.05, 3.63) is 82.9 Å². The average Bonchev–Trinajstić information content (AvgIpc) is 2.99. The van der Waals surface area contributed by atoms with Crippen molar-refractivity contribution in [3.63, 3.8) is 0 Å². The van der Waals surface area contributed by atoms with Crippen LogP contribution in [0.4, 0.5) is 0 Å². The van der Waals surface area contributed by atoms with Crippen molar-refractivity contribution in [2.45, 2.75) is 89.8 Å². The van der Waals surface area contributed by atoms with Crippen LogP contribution >= 0.6 is 0 Å². The zero-order chi connectivity index (χ0) is 31.4. The molecule has 2 aromatic rings. The van der Waals surface area contributed by atoms with Crippen molar-refractivity contribution in [1.82, 2.24) is 0 Å². The molecule has 6 unspecified atom stereocenters. The van der Waals surface area contributed by atoms with Crippen LogP contribution in [0.25, 0.3) is 0 Å². The van der Waals surface area contributed by atoms with Crippen LogP contribution in [-0.2, 0) is 30.2 Å². The summed E-state index contributed by atoms with van der Waals surface area (Å²) in [5, 5.41) is 24.5. The molecule has 2 aromatic carbocycles. The molecule has 8 heteroatoms. The van der Waals surface area contributed by atoms with E-state index in [2.05, 4.69) is 0 Å².